The Bertz CT molecular complexity index is 576. The van der Waals surface area contributed by atoms with E-state index in [1.54, 1.807) is 0 Å². The van der Waals surface area contributed by atoms with Crippen molar-refractivity contribution in [3.8, 4) is 0 Å². The molecule has 2 aromatic rings. The van der Waals surface area contributed by atoms with E-state index in [0.29, 0.717) is 11.7 Å². The second kappa shape index (κ2) is 4.26. The van der Waals surface area contributed by atoms with Gasteiger partial charge in [-0.3, -0.25) is 9.48 Å². The Morgan fingerprint density at radius 1 is 1.47 bits per heavy atom. The van der Waals surface area contributed by atoms with Crippen LogP contribution in [-0.4, -0.2) is 15.6 Å². The third-order valence-electron chi connectivity index (χ3n) is 3.31. The first-order valence-electron chi connectivity index (χ1n) is 5.85. The zero-order valence-electron chi connectivity index (χ0n) is 9.40. The van der Waals surface area contributed by atoms with Gasteiger partial charge in [0.15, 0.2) is 0 Å². The maximum Gasteiger partial charge on any atom is 0.133 e. The van der Waals surface area contributed by atoms with Gasteiger partial charge in [0.25, 0.3) is 0 Å². The van der Waals surface area contributed by atoms with Crippen LogP contribution < -0.4 is 0 Å². The average molecular weight is 293 g/mol. The lowest BCUT2D eigenvalue weighted by Gasteiger charge is -2.06. The molecule has 4 heteroatoms. The first kappa shape index (κ1) is 11.0. The summed E-state index contributed by atoms with van der Waals surface area (Å²) in [5.41, 5.74) is 1.01. The quantitative estimate of drug-likeness (QED) is 0.852. The van der Waals surface area contributed by atoms with Gasteiger partial charge >= 0.3 is 0 Å². The number of nitrogens with zero attached hydrogens (tertiary/aromatic N) is 2. The van der Waals surface area contributed by atoms with Gasteiger partial charge in [-0.05, 0) is 30.5 Å². The molecule has 1 aliphatic rings. The molecule has 1 aromatic carbocycles. The van der Waals surface area contributed by atoms with Gasteiger partial charge in [0.2, 0.25) is 0 Å². The average Bonchev–Trinajstić information content (AvgIpc) is 2.84. The van der Waals surface area contributed by atoms with E-state index in [1.165, 1.54) is 0 Å². The van der Waals surface area contributed by atoms with Crippen LogP contribution >= 0.6 is 15.9 Å². The summed E-state index contributed by atoms with van der Waals surface area (Å²) >= 11 is 3.46. The second-order valence-electron chi connectivity index (χ2n) is 4.70. The summed E-state index contributed by atoms with van der Waals surface area (Å²) in [6.07, 6.45) is 4.54. The zero-order valence-corrected chi connectivity index (χ0v) is 11.0. The Balaban J connectivity index is 1.83. The third-order valence-corrected chi connectivity index (χ3v) is 3.80. The van der Waals surface area contributed by atoms with E-state index in [-0.39, 0.29) is 0 Å². The van der Waals surface area contributed by atoms with Crippen LogP contribution in [0.4, 0.5) is 0 Å². The van der Waals surface area contributed by atoms with Crippen LogP contribution in [-0.2, 0) is 11.3 Å². The molecule has 1 saturated carbocycles. The maximum absolute atomic E-state index is 11.2. The molecule has 0 radical (unpaired) electrons. The van der Waals surface area contributed by atoms with Crippen molar-refractivity contribution in [2.45, 2.75) is 25.8 Å². The Morgan fingerprint density at radius 2 is 2.35 bits per heavy atom. The van der Waals surface area contributed by atoms with Crippen LogP contribution in [0.5, 0.6) is 0 Å². The molecule has 1 fully saturated rings. The standard InChI is InChI=1S/C13H13BrN2O/c14-11-2-4-13-10(6-11)8-16(15-13)7-9-1-3-12(17)5-9/h2,4,6,8-9H,1,3,5,7H2/t9-/m1/s1. The molecule has 1 atom stereocenters. The smallest absolute Gasteiger partial charge is 0.133 e. The number of benzene rings is 1. The summed E-state index contributed by atoms with van der Waals surface area (Å²) < 4.78 is 3.04. The van der Waals surface area contributed by atoms with Gasteiger partial charge in [-0.15, -0.1) is 0 Å². The summed E-state index contributed by atoms with van der Waals surface area (Å²) in [6.45, 7) is 0.859. The highest BCUT2D eigenvalue weighted by molar-refractivity contribution is 9.10. The lowest BCUT2D eigenvalue weighted by atomic mass is 10.1. The molecule has 88 valence electrons. The Kier molecular flexibility index (Phi) is 2.74. The highest BCUT2D eigenvalue weighted by Gasteiger charge is 2.22. The normalized spacial score (nSPS) is 20.3. The first-order valence-corrected chi connectivity index (χ1v) is 6.64. The van der Waals surface area contributed by atoms with Crippen LogP contribution in [0.3, 0.4) is 0 Å². The topological polar surface area (TPSA) is 34.9 Å². The van der Waals surface area contributed by atoms with Crippen molar-refractivity contribution in [3.05, 3.63) is 28.9 Å². The molecular weight excluding hydrogens is 280 g/mol. The predicted molar refractivity (Wildman–Crippen MR) is 69.8 cm³/mol. The van der Waals surface area contributed by atoms with Crippen LogP contribution in [0.1, 0.15) is 19.3 Å². The SMILES string of the molecule is O=C1CC[C@@H](Cn2cc3cc(Br)ccc3n2)C1. The number of Topliss-reactive ketones (excluding diaryl/α,β-unsaturated/α-hetero) is 1. The van der Waals surface area contributed by atoms with Crippen LogP contribution in [0, 0.1) is 5.92 Å². The van der Waals surface area contributed by atoms with E-state index in [0.717, 1.165) is 41.2 Å². The predicted octanol–water partition coefficient (Wildman–Crippen LogP) is 3.17. The van der Waals surface area contributed by atoms with Crippen molar-refractivity contribution in [1.29, 1.82) is 0 Å². The zero-order chi connectivity index (χ0) is 11.8. The van der Waals surface area contributed by atoms with Gasteiger partial charge in [0.1, 0.15) is 5.78 Å². The lowest BCUT2D eigenvalue weighted by Crippen LogP contribution is -2.08. The Hall–Kier alpha value is -1.16. The van der Waals surface area contributed by atoms with Crippen LogP contribution in [0.2, 0.25) is 0 Å². The van der Waals surface area contributed by atoms with Crippen molar-refractivity contribution in [2.75, 3.05) is 0 Å². The van der Waals surface area contributed by atoms with E-state index in [2.05, 4.69) is 33.3 Å². The minimum Gasteiger partial charge on any atom is -0.300 e. The van der Waals surface area contributed by atoms with E-state index in [4.69, 9.17) is 0 Å². The molecule has 0 saturated heterocycles. The number of halogens is 1. The maximum atomic E-state index is 11.2. The molecule has 0 unspecified atom stereocenters. The van der Waals surface area contributed by atoms with Gasteiger partial charge in [-0.25, -0.2) is 0 Å². The van der Waals surface area contributed by atoms with Crippen LogP contribution in [0.15, 0.2) is 28.9 Å². The molecule has 0 aliphatic heterocycles. The van der Waals surface area contributed by atoms with E-state index < -0.39 is 0 Å². The molecule has 1 aliphatic carbocycles. The molecule has 3 rings (SSSR count). The number of fused-ring (bicyclic) bond motifs is 1. The summed E-state index contributed by atoms with van der Waals surface area (Å²) in [4.78, 5) is 11.2. The van der Waals surface area contributed by atoms with Crippen molar-refractivity contribution in [3.63, 3.8) is 0 Å². The Labute approximate surface area is 108 Å². The van der Waals surface area contributed by atoms with Crippen molar-refractivity contribution in [2.24, 2.45) is 5.92 Å². The number of aromatic nitrogens is 2. The summed E-state index contributed by atoms with van der Waals surface area (Å²) in [7, 11) is 0. The highest BCUT2D eigenvalue weighted by atomic mass is 79.9. The molecule has 3 nitrogen and oxygen atoms in total. The summed E-state index contributed by atoms with van der Waals surface area (Å²) in [6, 6.07) is 6.08. The third kappa shape index (κ3) is 2.27. The molecule has 1 heterocycles. The fourth-order valence-corrected chi connectivity index (χ4v) is 2.83. The number of hydrogen-bond donors (Lipinski definition) is 0. The second-order valence-corrected chi connectivity index (χ2v) is 5.62. The number of ketones is 1. The van der Waals surface area contributed by atoms with Crippen LogP contribution in [0.25, 0.3) is 10.9 Å². The van der Waals surface area contributed by atoms with Crippen molar-refractivity contribution >= 4 is 32.6 Å². The number of carbonyl (C=O) groups is 1. The molecule has 0 amide bonds. The number of hydrogen-bond acceptors (Lipinski definition) is 2. The monoisotopic (exact) mass is 292 g/mol. The molecule has 0 spiro atoms. The molecule has 1 aromatic heterocycles. The number of carbonyl (C=O) groups excluding carboxylic acids is 1. The van der Waals surface area contributed by atoms with Gasteiger partial charge in [-0.1, -0.05) is 15.9 Å². The largest absolute Gasteiger partial charge is 0.300 e. The summed E-state index contributed by atoms with van der Waals surface area (Å²) in [5, 5.41) is 5.67. The van der Waals surface area contributed by atoms with E-state index in [9.17, 15) is 4.79 Å². The lowest BCUT2D eigenvalue weighted by molar-refractivity contribution is -0.117. The molecule has 0 bridgehead atoms. The molecular formula is C13H13BrN2O. The first-order chi connectivity index (χ1) is 8.20. The minimum absolute atomic E-state index is 0.398. The van der Waals surface area contributed by atoms with E-state index >= 15 is 0 Å². The Morgan fingerprint density at radius 3 is 3.12 bits per heavy atom. The highest BCUT2D eigenvalue weighted by Crippen LogP contribution is 2.24. The summed E-state index contributed by atoms with van der Waals surface area (Å²) in [5.74, 6) is 0.870. The van der Waals surface area contributed by atoms with Gasteiger partial charge in [-0.2, -0.15) is 5.10 Å². The van der Waals surface area contributed by atoms with Gasteiger partial charge in [0.05, 0.1) is 5.52 Å². The minimum atomic E-state index is 0.398. The van der Waals surface area contributed by atoms with Crippen molar-refractivity contribution in [1.82, 2.24) is 9.78 Å². The van der Waals surface area contributed by atoms with Gasteiger partial charge in [0, 0.05) is 35.4 Å². The van der Waals surface area contributed by atoms with E-state index in [1.807, 2.05) is 16.8 Å². The fraction of sp³-hybridized carbons (Fsp3) is 0.385. The molecule has 17 heavy (non-hydrogen) atoms. The fourth-order valence-electron chi connectivity index (χ4n) is 2.45. The molecule has 0 N–H and O–H groups in total. The van der Waals surface area contributed by atoms with Crippen molar-refractivity contribution < 1.29 is 4.79 Å². The number of rotatable bonds is 2. The van der Waals surface area contributed by atoms with Gasteiger partial charge < -0.3 is 0 Å².